The van der Waals surface area contributed by atoms with Crippen molar-refractivity contribution in [1.29, 1.82) is 0 Å². The molecule has 0 fully saturated rings. The van der Waals surface area contributed by atoms with Gasteiger partial charge in [0.05, 0.1) is 20.8 Å². The number of esters is 1. The second-order valence-electron chi connectivity index (χ2n) is 9.14. The second-order valence-corrected chi connectivity index (χ2v) is 9.14. The molecule has 0 aromatic heterocycles. The third-order valence-electron chi connectivity index (χ3n) is 6.07. The summed E-state index contributed by atoms with van der Waals surface area (Å²) in [7, 11) is 3.17. The highest BCUT2D eigenvalue weighted by Crippen LogP contribution is 2.50. The zero-order valence-electron chi connectivity index (χ0n) is 19.4. The molecular formula is C25H33NO5. The number of aliphatic imine (C=N–C) groups is 1. The van der Waals surface area contributed by atoms with Crippen molar-refractivity contribution in [2.75, 3.05) is 20.8 Å². The standard InChI is InChI=1S/C25H33NO5/c1-7-8-11-31-24(28)21-15(2)26-18-13-25(3,4)14-19(27)23(18)22(21)17-10-9-16(29-5)12-20(17)30-6/h9-10,12,21-22H,7-8,11,13-14H2,1-6H3/t21?,22-/m0/s1. The molecule has 2 aliphatic rings. The van der Waals surface area contributed by atoms with E-state index in [0.717, 1.165) is 24.1 Å². The lowest BCUT2D eigenvalue weighted by molar-refractivity contribution is -0.146. The van der Waals surface area contributed by atoms with Crippen molar-refractivity contribution >= 4 is 17.5 Å². The number of ether oxygens (including phenoxy) is 3. The van der Waals surface area contributed by atoms with Crippen LogP contribution in [0.25, 0.3) is 0 Å². The van der Waals surface area contributed by atoms with Crippen molar-refractivity contribution < 1.29 is 23.8 Å². The average Bonchev–Trinajstić information content (AvgIpc) is 2.71. The molecule has 168 valence electrons. The van der Waals surface area contributed by atoms with Gasteiger partial charge in [-0.1, -0.05) is 33.3 Å². The van der Waals surface area contributed by atoms with Gasteiger partial charge in [-0.2, -0.15) is 0 Å². The number of benzene rings is 1. The van der Waals surface area contributed by atoms with Crippen LogP contribution in [0.15, 0.2) is 34.5 Å². The normalized spacial score (nSPS) is 22.5. The molecule has 6 nitrogen and oxygen atoms in total. The molecule has 0 bridgehead atoms. The van der Waals surface area contributed by atoms with E-state index in [2.05, 4.69) is 13.8 Å². The van der Waals surface area contributed by atoms with Crippen molar-refractivity contribution in [1.82, 2.24) is 0 Å². The fraction of sp³-hybridized carbons (Fsp3) is 0.560. The van der Waals surface area contributed by atoms with Gasteiger partial charge in [0.2, 0.25) is 0 Å². The quantitative estimate of drug-likeness (QED) is 0.459. The topological polar surface area (TPSA) is 74.2 Å². The zero-order chi connectivity index (χ0) is 22.8. The number of carbonyl (C=O) groups excluding carboxylic acids is 2. The van der Waals surface area contributed by atoms with Gasteiger partial charge in [-0.3, -0.25) is 14.6 Å². The highest BCUT2D eigenvalue weighted by molar-refractivity contribution is 6.09. The Bertz CT molecular complexity index is 928. The van der Waals surface area contributed by atoms with Crippen molar-refractivity contribution in [2.24, 2.45) is 16.3 Å². The first-order chi connectivity index (χ1) is 14.7. The molecule has 0 spiro atoms. The van der Waals surface area contributed by atoms with Crippen molar-refractivity contribution in [3.05, 3.63) is 35.0 Å². The molecule has 0 radical (unpaired) electrons. The molecule has 1 heterocycles. The maximum atomic E-state index is 13.3. The van der Waals surface area contributed by atoms with E-state index in [1.54, 1.807) is 20.3 Å². The molecule has 2 atom stereocenters. The first kappa shape index (κ1) is 23.0. The molecular weight excluding hydrogens is 394 g/mol. The number of carbonyl (C=O) groups is 2. The third-order valence-corrected chi connectivity index (χ3v) is 6.07. The van der Waals surface area contributed by atoms with Gasteiger partial charge in [0.25, 0.3) is 0 Å². The molecule has 31 heavy (non-hydrogen) atoms. The van der Waals surface area contributed by atoms with Crippen LogP contribution in [0.4, 0.5) is 0 Å². The van der Waals surface area contributed by atoms with Gasteiger partial charge >= 0.3 is 5.97 Å². The molecule has 1 aromatic carbocycles. The lowest BCUT2D eigenvalue weighted by Gasteiger charge is -2.39. The number of hydrogen-bond donors (Lipinski definition) is 0. The summed E-state index contributed by atoms with van der Waals surface area (Å²) in [5, 5.41) is 0. The van der Waals surface area contributed by atoms with Crippen LogP contribution in [0.2, 0.25) is 0 Å². The van der Waals surface area contributed by atoms with Crippen LogP contribution in [-0.4, -0.2) is 38.3 Å². The summed E-state index contributed by atoms with van der Waals surface area (Å²) in [4.78, 5) is 31.3. The summed E-state index contributed by atoms with van der Waals surface area (Å²) in [6.45, 7) is 8.41. The average molecular weight is 428 g/mol. The third kappa shape index (κ3) is 4.68. The SMILES string of the molecule is CCCCOC(=O)C1C(C)=NC2=C(C(=O)CC(C)(C)C2)[C@H]1c1ccc(OC)cc1OC. The predicted octanol–water partition coefficient (Wildman–Crippen LogP) is 4.86. The van der Waals surface area contributed by atoms with Crippen molar-refractivity contribution in [2.45, 2.75) is 59.3 Å². The molecule has 0 N–H and O–H groups in total. The fourth-order valence-corrected chi connectivity index (χ4v) is 4.57. The molecule has 0 saturated heterocycles. The number of hydrogen-bond acceptors (Lipinski definition) is 6. The van der Waals surface area contributed by atoms with Gasteiger partial charge in [-0.25, -0.2) is 0 Å². The minimum atomic E-state index is -0.664. The fourth-order valence-electron chi connectivity index (χ4n) is 4.57. The van der Waals surface area contributed by atoms with Gasteiger partial charge < -0.3 is 14.2 Å². The Labute approximate surface area is 184 Å². The number of nitrogens with zero attached hydrogens (tertiary/aromatic N) is 1. The van der Waals surface area contributed by atoms with Crippen LogP contribution in [0.3, 0.4) is 0 Å². The maximum Gasteiger partial charge on any atom is 0.315 e. The largest absolute Gasteiger partial charge is 0.497 e. The first-order valence-corrected chi connectivity index (χ1v) is 10.9. The molecule has 6 heteroatoms. The van der Waals surface area contributed by atoms with Crippen LogP contribution in [0.5, 0.6) is 11.5 Å². The minimum absolute atomic E-state index is 0.0386. The van der Waals surface area contributed by atoms with Gasteiger partial charge in [0, 0.05) is 41.0 Å². The van der Waals surface area contributed by atoms with E-state index in [1.165, 1.54) is 0 Å². The molecule has 0 amide bonds. The van der Waals surface area contributed by atoms with E-state index < -0.39 is 11.8 Å². The molecule has 0 saturated carbocycles. The van der Waals surface area contributed by atoms with E-state index in [9.17, 15) is 9.59 Å². The Balaban J connectivity index is 2.15. The van der Waals surface area contributed by atoms with E-state index in [0.29, 0.717) is 42.2 Å². The van der Waals surface area contributed by atoms with Gasteiger partial charge in [0.1, 0.15) is 17.4 Å². The van der Waals surface area contributed by atoms with E-state index >= 15 is 0 Å². The second kappa shape index (κ2) is 9.25. The number of ketones is 1. The number of Topliss-reactive ketones (excluding diaryl/α,β-unsaturated/α-hetero) is 1. The van der Waals surface area contributed by atoms with Crippen LogP contribution in [0, 0.1) is 11.3 Å². The number of rotatable bonds is 7. The summed E-state index contributed by atoms with van der Waals surface area (Å²) < 4.78 is 16.6. The summed E-state index contributed by atoms with van der Waals surface area (Å²) in [5.41, 5.74) is 2.68. The molecule has 3 rings (SSSR count). The smallest absolute Gasteiger partial charge is 0.315 e. The lowest BCUT2D eigenvalue weighted by atomic mass is 9.66. The lowest BCUT2D eigenvalue weighted by Crippen LogP contribution is -2.39. The van der Waals surface area contributed by atoms with Crippen molar-refractivity contribution in [3.8, 4) is 11.5 Å². The highest BCUT2D eigenvalue weighted by atomic mass is 16.5. The Morgan fingerprint density at radius 2 is 1.94 bits per heavy atom. The van der Waals surface area contributed by atoms with Crippen LogP contribution < -0.4 is 9.47 Å². The molecule has 1 aliphatic heterocycles. The first-order valence-electron chi connectivity index (χ1n) is 10.9. The van der Waals surface area contributed by atoms with Gasteiger partial charge in [-0.15, -0.1) is 0 Å². The maximum absolute atomic E-state index is 13.3. The highest BCUT2D eigenvalue weighted by Gasteiger charge is 2.46. The van der Waals surface area contributed by atoms with E-state index in [-0.39, 0.29) is 17.2 Å². The number of methoxy groups -OCH3 is 2. The number of unbranched alkanes of at least 4 members (excludes halogenated alkanes) is 1. The zero-order valence-corrected chi connectivity index (χ0v) is 19.4. The Morgan fingerprint density at radius 3 is 2.58 bits per heavy atom. The van der Waals surface area contributed by atoms with Crippen LogP contribution in [-0.2, 0) is 14.3 Å². The number of allylic oxidation sites excluding steroid dienone is 2. The molecule has 1 unspecified atom stereocenters. The molecule has 1 aliphatic carbocycles. The van der Waals surface area contributed by atoms with Crippen molar-refractivity contribution in [3.63, 3.8) is 0 Å². The van der Waals surface area contributed by atoms with E-state index in [4.69, 9.17) is 19.2 Å². The van der Waals surface area contributed by atoms with Crippen LogP contribution in [0.1, 0.15) is 64.9 Å². The van der Waals surface area contributed by atoms with Gasteiger partial charge in [-0.05, 0) is 31.2 Å². The van der Waals surface area contributed by atoms with Crippen LogP contribution >= 0.6 is 0 Å². The molecule has 1 aromatic rings. The Kier molecular flexibility index (Phi) is 6.87. The summed E-state index contributed by atoms with van der Waals surface area (Å²) in [6.07, 6.45) is 2.85. The van der Waals surface area contributed by atoms with E-state index in [1.807, 2.05) is 26.0 Å². The Morgan fingerprint density at radius 1 is 1.19 bits per heavy atom. The van der Waals surface area contributed by atoms with Gasteiger partial charge in [0.15, 0.2) is 5.78 Å². The predicted molar refractivity (Wildman–Crippen MR) is 120 cm³/mol. The summed E-state index contributed by atoms with van der Waals surface area (Å²) >= 11 is 0. The Hall–Kier alpha value is -2.63. The minimum Gasteiger partial charge on any atom is -0.497 e. The monoisotopic (exact) mass is 427 g/mol. The summed E-state index contributed by atoms with van der Waals surface area (Å²) in [5.74, 6) is -0.239. The summed E-state index contributed by atoms with van der Waals surface area (Å²) in [6, 6.07) is 5.49.